The average Bonchev–Trinajstić information content (AvgIpc) is 3.02. The number of halogens is 5. The minimum Gasteiger partial charge on any atom is -0.506 e. The van der Waals surface area contributed by atoms with Crippen molar-refractivity contribution in [1.82, 2.24) is 10.2 Å². The second-order valence-corrected chi connectivity index (χ2v) is 10.6. The molecule has 1 saturated carbocycles. The van der Waals surface area contributed by atoms with Crippen molar-refractivity contribution in [3.05, 3.63) is 53.1 Å². The van der Waals surface area contributed by atoms with E-state index in [1.807, 2.05) is 4.90 Å². The molecule has 2 aliphatic rings. The van der Waals surface area contributed by atoms with Crippen molar-refractivity contribution in [1.29, 1.82) is 0 Å². The van der Waals surface area contributed by atoms with Gasteiger partial charge in [0.1, 0.15) is 11.4 Å². The molecule has 0 aromatic heterocycles. The number of alkyl halides is 3. The molecule has 45 heavy (non-hydrogen) atoms. The standard InChI is InChI=1S/C29H37F2N3O5.C2HF3O/c30-23-8-4-5-20(27(23)31)12-17-38-18-13-26(37)34(22-6-2-1-3-7-22)16-15-32-14-11-21-9-10-24(35)28-29(21)39-19-25(36)33-28;3-2(4,5)1-6/h4-5,8-10,22,32,35H,1-3,6-7,11-19H2,(H,33,36);1H. The van der Waals surface area contributed by atoms with Gasteiger partial charge in [-0.05, 0) is 55.5 Å². The van der Waals surface area contributed by atoms with Gasteiger partial charge in [0.15, 0.2) is 24.0 Å². The lowest BCUT2D eigenvalue weighted by Gasteiger charge is -2.34. The van der Waals surface area contributed by atoms with Crippen LogP contribution in [0.2, 0.25) is 0 Å². The summed E-state index contributed by atoms with van der Waals surface area (Å²) < 4.78 is 69.5. The van der Waals surface area contributed by atoms with Gasteiger partial charge in [-0.2, -0.15) is 13.2 Å². The highest BCUT2D eigenvalue weighted by atomic mass is 19.4. The second kappa shape index (κ2) is 17.6. The van der Waals surface area contributed by atoms with E-state index in [-0.39, 0.29) is 61.8 Å². The van der Waals surface area contributed by atoms with E-state index in [4.69, 9.17) is 14.3 Å². The van der Waals surface area contributed by atoms with Crippen LogP contribution in [0.4, 0.5) is 27.6 Å². The predicted octanol–water partition coefficient (Wildman–Crippen LogP) is 4.69. The minimum absolute atomic E-state index is 0.0264. The SMILES string of the molecule is O=C1COc2c(CCNCCN(C(=O)CCOCCc3cccc(F)c3F)C3CCCCC3)ccc(O)c2N1.O=CC(F)(F)F. The van der Waals surface area contributed by atoms with E-state index in [0.717, 1.165) is 37.3 Å². The molecular formula is C31H38F5N3O6. The third-order valence-corrected chi connectivity index (χ3v) is 7.41. The highest BCUT2D eigenvalue weighted by Gasteiger charge is 2.26. The van der Waals surface area contributed by atoms with Crippen LogP contribution < -0.4 is 15.4 Å². The van der Waals surface area contributed by atoms with Crippen LogP contribution in [-0.2, 0) is 32.0 Å². The van der Waals surface area contributed by atoms with Crippen molar-refractivity contribution < 1.29 is 50.9 Å². The van der Waals surface area contributed by atoms with Crippen LogP contribution in [0, 0.1) is 11.6 Å². The first-order valence-corrected chi connectivity index (χ1v) is 14.8. The van der Waals surface area contributed by atoms with Crippen LogP contribution >= 0.6 is 0 Å². The van der Waals surface area contributed by atoms with Gasteiger partial charge in [0.25, 0.3) is 5.91 Å². The summed E-state index contributed by atoms with van der Waals surface area (Å²) in [4.78, 5) is 35.4. The van der Waals surface area contributed by atoms with E-state index < -0.39 is 24.1 Å². The molecule has 0 atom stereocenters. The topological polar surface area (TPSA) is 117 Å². The van der Waals surface area contributed by atoms with Gasteiger partial charge in [0.05, 0.1) is 19.6 Å². The van der Waals surface area contributed by atoms with Gasteiger partial charge in [-0.15, -0.1) is 0 Å². The Bertz CT molecular complexity index is 1290. The van der Waals surface area contributed by atoms with Crippen molar-refractivity contribution in [3.8, 4) is 11.5 Å². The first kappa shape index (κ1) is 35.7. The van der Waals surface area contributed by atoms with Gasteiger partial charge >= 0.3 is 6.18 Å². The Morgan fingerprint density at radius 1 is 1.07 bits per heavy atom. The molecule has 1 fully saturated rings. The maximum atomic E-state index is 13.8. The number of nitrogens with zero attached hydrogens (tertiary/aromatic N) is 1. The van der Waals surface area contributed by atoms with E-state index >= 15 is 0 Å². The molecule has 2 amide bonds. The maximum absolute atomic E-state index is 13.8. The van der Waals surface area contributed by atoms with Crippen molar-refractivity contribution in [2.45, 2.75) is 63.6 Å². The molecule has 2 aromatic rings. The molecule has 1 heterocycles. The average molecular weight is 644 g/mol. The van der Waals surface area contributed by atoms with E-state index in [1.165, 1.54) is 18.6 Å². The van der Waals surface area contributed by atoms with Gasteiger partial charge in [-0.25, -0.2) is 8.78 Å². The third kappa shape index (κ3) is 11.6. The number of aromatic hydroxyl groups is 1. The molecule has 0 saturated heterocycles. The molecule has 0 unspecified atom stereocenters. The molecule has 1 aliphatic heterocycles. The highest BCUT2D eigenvalue weighted by molar-refractivity contribution is 5.97. The zero-order chi connectivity index (χ0) is 32.8. The second-order valence-electron chi connectivity index (χ2n) is 10.6. The smallest absolute Gasteiger partial charge is 0.446 e. The number of phenolic OH excluding ortho intramolecular Hbond substituents is 1. The largest absolute Gasteiger partial charge is 0.506 e. The molecule has 0 radical (unpaired) electrons. The summed E-state index contributed by atoms with van der Waals surface area (Å²) in [6, 6.07) is 7.64. The number of rotatable bonds is 13. The molecule has 9 nitrogen and oxygen atoms in total. The normalized spacial score (nSPS) is 14.8. The fraction of sp³-hybridized carbons (Fsp3) is 0.516. The Kier molecular flexibility index (Phi) is 14.0. The lowest BCUT2D eigenvalue weighted by Crippen LogP contribution is -2.45. The number of hydrogen-bond acceptors (Lipinski definition) is 7. The molecule has 248 valence electrons. The van der Waals surface area contributed by atoms with Gasteiger partial charge in [0.2, 0.25) is 12.2 Å². The molecule has 4 rings (SSSR count). The van der Waals surface area contributed by atoms with Gasteiger partial charge in [0, 0.05) is 19.1 Å². The summed E-state index contributed by atoms with van der Waals surface area (Å²) >= 11 is 0. The third-order valence-electron chi connectivity index (χ3n) is 7.41. The van der Waals surface area contributed by atoms with E-state index in [0.29, 0.717) is 37.5 Å². The van der Waals surface area contributed by atoms with Gasteiger partial charge in [-0.1, -0.05) is 37.5 Å². The number of anilines is 1. The Hall–Kier alpha value is -3.78. The Morgan fingerprint density at radius 3 is 2.51 bits per heavy atom. The maximum Gasteiger partial charge on any atom is 0.446 e. The summed E-state index contributed by atoms with van der Waals surface area (Å²) in [7, 11) is 0. The molecule has 1 aliphatic carbocycles. The number of carbonyl (C=O) groups excluding carboxylic acids is 3. The molecular weight excluding hydrogens is 605 g/mol. The number of hydrogen-bond donors (Lipinski definition) is 3. The number of aldehydes is 1. The summed E-state index contributed by atoms with van der Waals surface area (Å²) in [5.74, 6) is -1.51. The first-order valence-electron chi connectivity index (χ1n) is 14.8. The molecule has 0 bridgehead atoms. The van der Waals surface area contributed by atoms with Crippen LogP contribution in [0.5, 0.6) is 11.5 Å². The highest BCUT2D eigenvalue weighted by Crippen LogP contribution is 2.39. The van der Waals surface area contributed by atoms with Crippen LogP contribution in [0.1, 0.15) is 49.7 Å². The van der Waals surface area contributed by atoms with Crippen LogP contribution in [0.15, 0.2) is 30.3 Å². The number of nitrogens with one attached hydrogen (secondary N) is 2. The molecule has 2 aromatic carbocycles. The summed E-state index contributed by atoms with van der Waals surface area (Å²) in [5, 5.41) is 16.1. The quantitative estimate of drug-likeness (QED) is 0.126. The number of fused-ring (bicyclic) bond motifs is 1. The van der Waals surface area contributed by atoms with Gasteiger partial charge in [-0.3, -0.25) is 14.4 Å². The number of amides is 2. The summed E-state index contributed by atoms with van der Waals surface area (Å²) in [6.07, 6.45) is 0.821. The fourth-order valence-corrected chi connectivity index (χ4v) is 5.19. The minimum atomic E-state index is -4.64. The Morgan fingerprint density at radius 2 is 1.80 bits per heavy atom. The van der Waals surface area contributed by atoms with Crippen LogP contribution in [0.3, 0.4) is 0 Å². The zero-order valence-electron chi connectivity index (χ0n) is 24.8. The van der Waals surface area contributed by atoms with Crippen molar-refractivity contribution in [3.63, 3.8) is 0 Å². The van der Waals surface area contributed by atoms with Crippen molar-refractivity contribution in [2.75, 3.05) is 44.8 Å². The number of carbonyl (C=O) groups is 3. The molecule has 0 spiro atoms. The lowest BCUT2D eigenvalue weighted by atomic mass is 9.94. The summed E-state index contributed by atoms with van der Waals surface area (Å²) in [5.41, 5.74) is 1.45. The molecule has 3 N–H and O–H groups in total. The number of ether oxygens (including phenoxy) is 2. The molecule has 14 heteroatoms. The van der Waals surface area contributed by atoms with E-state index in [9.17, 15) is 36.6 Å². The number of phenols is 1. The summed E-state index contributed by atoms with van der Waals surface area (Å²) in [6.45, 7) is 2.21. The van der Waals surface area contributed by atoms with Crippen LogP contribution in [0.25, 0.3) is 0 Å². The zero-order valence-corrected chi connectivity index (χ0v) is 24.8. The van der Waals surface area contributed by atoms with Crippen molar-refractivity contribution in [2.24, 2.45) is 0 Å². The van der Waals surface area contributed by atoms with E-state index in [1.54, 1.807) is 12.1 Å². The predicted molar refractivity (Wildman–Crippen MR) is 155 cm³/mol. The van der Waals surface area contributed by atoms with Crippen molar-refractivity contribution >= 4 is 23.8 Å². The Labute approximate surface area is 258 Å². The lowest BCUT2D eigenvalue weighted by molar-refractivity contribution is -0.156. The van der Waals surface area contributed by atoms with E-state index in [2.05, 4.69) is 10.6 Å². The first-order chi connectivity index (χ1) is 21.5. The monoisotopic (exact) mass is 643 g/mol. The number of benzene rings is 2. The van der Waals surface area contributed by atoms with Crippen LogP contribution in [-0.4, -0.2) is 79.8 Å². The Balaban J connectivity index is 0.000000838. The van der Waals surface area contributed by atoms with Gasteiger partial charge < -0.3 is 30.1 Å². The fourth-order valence-electron chi connectivity index (χ4n) is 5.19.